The van der Waals surface area contributed by atoms with E-state index in [4.69, 9.17) is 9.47 Å². The summed E-state index contributed by atoms with van der Waals surface area (Å²) < 4.78 is 11.7. The van der Waals surface area contributed by atoms with E-state index >= 15 is 0 Å². The van der Waals surface area contributed by atoms with Crippen LogP contribution in [0, 0.1) is 0 Å². The molecule has 0 spiro atoms. The molecule has 0 aliphatic heterocycles. The van der Waals surface area contributed by atoms with Crippen LogP contribution in [0.5, 0.6) is 5.75 Å². The smallest absolute Gasteiger partial charge is 0.340 e. The van der Waals surface area contributed by atoms with Crippen molar-refractivity contribution >= 4 is 5.97 Å². The van der Waals surface area contributed by atoms with E-state index in [9.17, 15) is 9.90 Å². The minimum absolute atomic E-state index is 0.0262. The highest BCUT2D eigenvalue weighted by Crippen LogP contribution is 2.39. The molecule has 2 aromatic rings. The van der Waals surface area contributed by atoms with Crippen molar-refractivity contribution in [2.75, 3.05) is 0 Å². The summed E-state index contributed by atoms with van der Waals surface area (Å²) in [5.41, 5.74) is 0.187. The first-order valence-corrected chi connectivity index (χ1v) is 7.77. The zero-order valence-electron chi connectivity index (χ0n) is 13.1. The van der Waals surface area contributed by atoms with Crippen molar-refractivity contribution in [2.24, 2.45) is 0 Å². The summed E-state index contributed by atoms with van der Waals surface area (Å²) in [5, 5.41) is 9.69. The highest BCUT2D eigenvalue weighted by Gasteiger charge is 2.43. The topological polar surface area (TPSA) is 55.8 Å². The summed E-state index contributed by atoms with van der Waals surface area (Å²) in [4.78, 5) is 11.8. The molecule has 120 valence electrons. The Morgan fingerprint density at radius 1 is 1.13 bits per heavy atom. The third kappa shape index (κ3) is 3.54. The average Bonchev–Trinajstić information content (AvgIpc) is 3.38. The molecule has 0 heterocycles. The number of ether oxygens (including phenoxy) is 2. The van der Waals surface area contributed by atoms with Crippen LogP contribution in [0.2, 0.25) is 0 Å². The maximum absolute atomic E-state index is 11.8. The van der Waals surface area contributed by atoms with Crippen LogP contribution < -0.4 is 4.74 Å². The lowest BCUT2D eigenvalue weighted by molar-refractivity contribution is -0.167. The SMILES string of the molecule is CC(OC1CC1)(C(=O)O)c1ccccc1OCc1ccccc1. The predicted octanol–water partition coefficient (Wildman–Crippen LogP) is 3.74. The van der Waals surface area contributed by atoms with Gasteiger partial charge in [0.15, 0.2) is 5.60 Å². The van der Waals surface area contributed by atoms with Gasteiger partial charge in [0.05, 0.1) is 6.10 Å². The highest BCUT2D eigenvalue weighted by molar-refractivity contribution is 5.80. The van der Waals surface area contributed by atoms with Crippen LogP contribution in [0.3, 0.4) is 0 Å². The van der Waals surface area contributed by atoms with Gasteiger partial charge in [0.2, 0.25) is 0 Å². The molecule has 0 saturated heterocycles. The van der Waals surface area contributed by atoms with Gasteiger partial charge in [-0.3, -0.25) is 0 Å². The van der Waals surface area contributed by atoms with Gasteiger partial charge in [-0.15, -0.1) is 0 Å². The first-order chi connectivity index (χ1) is 11.1. The Hall–Kier alpha value is -2.33. The van der Waals surface area contributed by atoms with E-state index in [0.29, 0.717) is 17.9 Å². The third-order valence-corrected chi connectivity index (χ3v) is 3.97. The van der Waals surface area contributed by atoms with Crippen molar-refractivity contribution in [3.8, 4) is 5.75 Å². The van der Waals surface area contributed by atoms with Crippen molar-refractivity contribution in [3.63, 3.8) is 0 Å². The molecule has 3 rings (SSSR count). The van der Waals surface area contributed by atoms with Crippen molar-refractivity contribution < 1.29 is 19.4 Å². The number of benzene rings is 2. The van der Waals surface area contributed by atoms with Crippen LogP contribution in [0.1, 0.15) is 30.9 Å². The van der Waals surface area contributed by atoms with Crippen LogP contribution in [0.25, 0.3) is 0 Å². The molecule has 2 aromatic carbocycles. The maximum atomic E-state index is 11.8. The number of carboxylic acids is 1. The Bertz CT molecular complexity index is 679. The van der Waals surface area contributed by atoms with Crippen molar-refractivity contribution in [1.29, 1.82) is 0 Å². The standard InChI is InChI=1S/C19H20O4/c1-19(18(20)21,23-15-11-12-15)16-9-5-6-10-17(16)22-13-14-7-3-2-4-8-14/h2-10,15H,11-13H2,1H3,(H,20,21). The van der Waals surface area contributed by atoms with E-state index < -0.39 is 11.6 Å². The summed E-state index contributed by atoms with van der Waals surface area (Å²) >= 11 is 0. The van der Waals surface area contributed by atoms with E-state index in [0.717, 1.165) is 18.4 Å². The molecule has 0 amide bonds. The van der Waals surface area contributed by atoms with Crippen molar-refractivity contribution in [1.82, 2.24) is 0 Å². The quantitative estimate of drug-likeness (QED) is 0.846. The molecular formula is C19H20O4. The van der Waals surface area contributed by atoms with Crippen LogP contribution in [-0.4, -0.2) is 17.2 Å². The van der Waals surface area contributed by atoms with E-state index in [2.05, 4.69) is 0 Å². The lowest BCUT2D eigenvalue weighted by Gasteiger charge is -2.27. The van der Waals surface area contributed by atoms with E-state index in [1.165, 1.54) is 0 Å². The van der Waals surface area contributed by atoms with Gasteiger partial charge in [-0.25, -0.2) is 4.79 Å². The molecule has 4 heteroatoms. The molecule has 4 nitrogen and oxygen atoms in total. The zero-order valence-corrected chi connectivity index (χ0v) is 13.1. The van der Waals surface area contributed by atoms with E-state index in [1.807, 2.05) is 42.5 Å². The monoisotopic (exact) mass is 312 g/mol. The van der Waals surface area contributed by atoms with Gasteiger partial charge in [-0.05, 0) is 31.4 Å². The molecule has 0 aromatic heterocycles. The molecule has 1 unspecified atom stereocenters. The number of aliphatic carboxylic acids is 1. The average molecular weight is 312 g/mol. The summed E-state index contributed by atoms with van der Waals surface area (Å²) in [5.74, 6) is -0.456. The van der Waals surface area contributed by atoms with Crippen LogP contribution in [-0.2, 0) is 21.7 Å². The Labute approximate surface area is 135 Å². The van der Waals surface area contributed by atoms with Crippen LogP contribution in [0.15, 0.2) is 54.6 Å². The molecule has 0 bridgehead atoms. The fourth-order valence-electron chi connectivity index (χ4n) is 2.47. The Morgan fingerprint density at radius 3 is 2.43 bits per heavy atom. The number of hydrogen-bond donors (Lipinski definition) is 1. The Morgan fingerprint density at radius 2 is 1.78 bits per heavy atom. The fourth-order valence-corrected chi connectivity index (χ4v) is 2.47. The van der Waals surface area contributed by atoms with Gasteiger partial charge >= 0.3 is 5.97 Å². The second-order valence-corrected chi connectivity index (χ2v) is 5.93. The van der Waals surface area contributed by atoms with Gasteiger partial charge < -0.3 is 14.6 Å². The molecule has 1 N–H and O–H groups in total. The molecule has 1 fully saturated rings. The van der Waals surface area contributed by atoms with E-state index in [1.54, 1.807) is 19.1 Å². The maximum Gasteiger partial charge on any atom is 0.340 e. The van der Waals surface area contributed by atoms with Gasteiger partial charge in [-0.2, -0.15) is 0 Å². The highest BCUT2D eigenvalue weighted by atomic mass is 16.5. The summed E-state index contributed by atoms with van der Waals surface area (Å²) in [6.07, 6.45) is 1.85. The normalized spacial score (nSPS) is 16.6. The Kier molecular flexibility index (Phi) is 4.35. The summed E-state index contributed by atoms with van der Waals surface area (Å²) in [7, 11) is 0. The fraction of sp³-hybridized carbons (Fsp3) is 0.316. The minimum Gasteiger partial charge on any atom is -0.488 e. The van der Waals surface area contributed by atoms with Crippen molar-refractivity contribution in [2.45, 2.75) is 38.1 Å². The second-order valence-electron chi connectivity index (χ2n) is 5.93. The first kappa shape index (κ1) is 15.6. The number of para-hydroxylation sites is 1. The van der Waals surface area contributed by atoms with Gasteiger partial charge in [0.25, 0.3) is 0 Å². The molecule has 1 aliphatic rings. The predicted molar refractivity (Wildman–Crippen MR) is 86.3 cm³/mol. The van der Waals surface area contributed by atoms with Crippen LogP contribution >= 0.6 is 0 Å². The zero-order chi connectivity index (χ0) is 16.3. The first-order valence-electron chi connectivity index (χ1n) is 7.77. The van der Waals surface area contributed by atoms with Gasteiger partial charge in [0.1, 0.15) is 12.4 Å². The lowest BCUT2D eigenvalue weighted by atomic mass is 9.94. The van der Waals surface area contributed by atoms with Crippen LogP contribution in [0.4, 0.5) is 0 Å². The summed E-state index contributed by atoms with van der Waals surface area (Å²) in [6, 6.07) is 17.0. The minimum atomic E-state index is -1.39. The van der Waals surface area contributed by atoms with Gasteiger partial charge in [-0.1, -0.05) is 48.5 Å². The largest absolute Gasteiger partial charge is 0.488 e. The molecule has 23 heavy (non-hydrogen) atoms. The molecule has 1 atom stereocenters. The van der Waals surface area contributed by atoms with E-state index in [-0.39, 0.29) is 6.10 Å². The number of rotatable bonds is 7. The number of hydrogen-bond acceptors (Lipinski definition) is 3. The molecule has 0 radical (unpaired) electrons. The third-order valence-electron chi connectivity index (χ3n) is 3.97. The second kappa shape index (κ2) is 6.42. The summed E-state index contributed by atoms with van der Waals surface area (Å²) in [6.45, 7) is 1.98. The number of carboxylic acid groups (broad SMARTS) is 1. The molecule has 1 aliphatic carbocycles. The number of carbonyl (C=O) groups is 1. The molecule has 1 saturated carbocycles. The van der Waals surface area contributed by atoms with Gasteiger partial charge in [0, 0.05) is 5.56 Å². The molecular weight excluding hydrogens is 292 g/mol. The lowest BCUT2D eigenvalue weighted by Crippen LogP contribution is -2.36. The van der Waals surface area contributed by atoms with Crippen molar-refractivity contribution in [3.05, 3.63) is 65.7 Å². The Balaban J connectivity index is 1.85.